The van der Waals surface area contributed by atoms with Gasteiger partial charge in [-0.05, 0) is 95.1 Å². The van der Waals surface area contributed by atoms with Crippen LogP contribution in [0.5, 0.6) is 11.5 Å². The molecule has 302 valence electrons. The minimum atomic E-state index is -3.64. The highest BCUT2D eigenvalue weighted by Crippen LogP contribution is 2.39. The largest absolute Gasteiger partial charge is 0.496 e. The van der Waals surface area contributed by atoms with E-state index < -0.39 is 41.2 Å². The van der Waals surface area contributed by atoms with Crippen molar-refractivity contribution in [3.63, 3.8) is 0 Å². The summed E-state index contributed by atoms with van der Waals surface area (Å²) in [6.45, 7) is 6.60. The number of ether oxygens (including phenoxy) is 2. The first-order valence-corrected chi connectivity index (χ1v) is 20.2. The topological polar surface area (TPSA) is 197 Å². The van der Waals surface area contributed by atoms with Gasteiger partial charge >= 0.3 is 0 Å². The van der Waals surface area contributed by atoms with E-state index in [1.54, 1.807) is 48.7 Å². The monoisotopic (exact) mass is 798 g/mol. The van der Waals surface area contributed by atoms with Gasteiger partial charge in [-0.2, -0.15) is 0 Å². The van der Waals surface area contributed by atoms with E-state index in [0.29, 0.717) is 34.8 Å². The van der Waals surface area contributed by atoms with Crippen LogP contribution in [0.2, 0.25) is 0 Å². The zero-order valence-electron chi connectivity index (χ0n) is 33.3. The number of carbonyl (C=O) groups is 2. The molecule has 0 aliphatic rings. The van der Waals surface area contributed by atoms with Crippen molar-refractivity contribution < 1.29 is 42.8 Å². The summed E-state index contributed by atoms with van der Waals surface area (Å²) in [7, 11) is -0.751. The Hall–Kier alpha value is -5.41. The van der Waals surface area contributed by atoms with Crippen LogP contribution in [0, 0.1) is 12.3 Å². The number of nitrogens with zero attached hydrogens (tertiary/aromatic N) is 2. The lowest BCUT2D eigenvalue weighted by Crippen LogP contribution is -2.34. The zero-order valence-corrected chi connectivity index (χ0v) is 34.1. The third-order valence-electron chi connectivity index (χ3n) is 9.96. The highest BCUT2D eigenvalue weighted by atomic mass is 32.2. The second-order valence-corrected chi connectivity index (χ2v) is 17.1. The van der Waals surface area contributed by atoms with Gasteiger partial charge in [-0.1, -0.05) is 39.0 Å². The first-order chi connectivity index (χ1) is 26.9. The summed E-state index contributed by atoms with van der Waals surface area (Å²) in [5.74, 6) is 0.491. The van der Waals surface area contributed by atoms with E-state index in [2.05, 4.69) is 15.0 Å². The maximum absolute atomic E-state index is 13.8. The van der Waals surface area contributed by atoms with E-state index in [0.717, 1.165) is 45.0 Å². The average molecular weight is 799 g/mol. The molecule has 5 N–H and O–H groups in total. The molecule has 0 spiro atoms. The number of hydrogen-bond donors (Lipinski definition) is 5. The molecule has 1 amide bonds. The molecule has 5 rings (SSSR count). The Bertz CT molecular complexity index is 2400. The number of aryl methyl sites for hydroxylation is 1. The molecule has 13 nitrogen and oxygen atoms in total. The van der Waals surface area contributed by atoms with E-state index in [9.17, 15) is 33.3 Å². The number of hydrogen-bond acceptors (Lipinski definition) is 11. The fourth-order valence-corrected chi connectivity index (χ4v) is 6.95. The van der Waals surface area contributed by atoms with E-state index >= 15 is 0 Å². The van der Waals surface area contributed by atoms with Gasteiger partial charge in [0.2, 0.25) is 10.0 Å². The van der Waals surface area contributed by atoms with E-state index in [1.807, 2.05) is 52.0 Å². The summed E-state index contributed by atoms with van der Waals surface area (Å²) in [5.41, 5.74) is 4.77. The number of methoxy groups -OCH3 is 2. The number of aromatic nitrogens is 2. The number of anilines is 2. The van der Waals surface area contributed by atoms with Crippen LogP contribution in [0.15, 0.2) is 72.9 Å². The van der Waals surface area contributed by atoms with Gasteiger partial charge in [0, 0.05) is 35.4 Å². The van der Waals surface area contributed by atoms with Crippen LogP contribution in [-0.4, -0.2) is 85.7 Å². The quantitative estimate of drug-likeness (QED) is 0.0728. The molecule has 1 aromatic heterocycles. The number of amides is 1. The van der Waals surface area contributed by atoms with Crippen molar-refractivity contribution in [3.05, 3.63) is 107 Å². The number of benzene rings is 4. The average Bonchev–Trinajstić information content (AvgIpc) is 3.17. The predicted octanol–water partition coefficient (Wildman–Crippen LogP) is 6.06. The highest BCUT2D eigenvalue weighted by Gasteiger charge is 2.29. The number of fused-ring (bicyclic) bond motifs is 1. The minimum absolute atomic E-state index is 0.0131. The standard InChI is InChI=1S/C43H50N4O9S/c1-26-8-10-29(41(52)46-35-20-31(42(2,3)4)21-36(40(35)56-6)47-57(7,53)54)19-33(26)28-11-13-34-30(18-28)22-44-39(45-34)17-27-9-12-32(38(16-27)55-5)37(51)14-15-43(23-48,24-49)25-50/h8-13,16,18-22,47-50H,14-15,17,23-25H2,1-7H3,(H,46,52). The van der Waals surface area contributed by atoms with Crippen LogP contribution in [0.25, 0.3) is 22.0 Å². The molecule has 57 heavy (non-hydrogen) atoms. The Morgan fingerprint density at radius 1 is 0.860 bits per heavy atom. The predicted molar refractivity (Wildman–Crippen MR) is 221 cm³/mol. The van der Waals surface area contributed by atoms with Gasteiger partial charge in [0.25, 0.3) is 5.91 Å². The van der Waals surface area contributed by atoms with Crippen LogP contribution >= 0.6 is 0 Å². The normalized spacial score (nSPS) is 12.0. The third-order valence-corrected chi connectivity index (χ3v) is 10.6. The molecule has 0 atom stereocenters. The second kappa shape index (κ2) is 17.4. The van der Waals surface area contributed by atoms with Gasteiger partial charge in [-0.25, -0.2) is 18.4 Å². The summed E-state index contributed by atoms with van der Waals surface area (Å²) in [4.78, 5) is 36.2. The third kappa shape index (κ3) is 10.1. The molecule has 0 aliphatic heterocycles. The Balaban J connectivity index is 1.36. The summed E-state index contributed by atoms with van der Waals surface area (Å²) in [5, 5.41) is 32.6. The molecule has 0 unspecified atom stereocenters. The van der Waals surface area contributed by atoms with Gasteiger partial charge in [0.15, 0.2) is 11.5 Å². The molecule has 14 heteroatoms. The molecule has 0 aliphatic carbocycles. The molecular weight excluding hydrogens is 749 g/mol. The lowest BCUT2D eigenvalue weighted by Gasteiger charge is -2.26. The maximum Gasteiger partial charge on any atom is 0.255 e. The van der Waals surface area contributed by atoms with Crippen LogP contribution < -0.4 is 19.5 Å². The van der Waals surface area contributed by atoms with Crippen molar-refractivity contribution in [2.75, 3.05) is 50.3 Å². The Labute approximate surface area is 333 Å². The minimum Gasteiger partial charge on any atom is -0.496 e. The van der Waals surface area contributed by atoms with Crippen molar-refractivity contribution >= 4 is 44.0 Å². The van der Waals surface area contributed by atoms with Gasteiger partial charge in [0.05, 0.1) is 62.8 Å². The van der Waals surface area contributed by atoms with Gasteiger partial charge in [-0.3, -0.25) is 14.3 Å². The number of Topliss-reactive ketones (excluding diaryl/α,β-unsaturated/α-hetero) is 1. The van der Waals surface area contributed by atoms with E-state index in [-0.39, 0.29) is 35.5 Å². The summed E-state index contributed by atoms with van der Waals surface area (Å²) < 4.78 is 38.0. The Morgan fingerprint density at radius 3 is 2.19 bits per heavy atom. The van der Waals surface area contributed by atoms with Gasteiger partial charge < -0.3 is 30.1 Å². The number of aliphatic hydroxyl groups is 3. The number of ketones is 1. The molecule has 0 saturated carbocycles. The smallest absolute Gasteiger partial charge is 0.255 e. The van der Waals surface area contributed by atoms with Crippen molar-refractivity contribution in [1.29, 1.82) is 0 Å². The fraction of sp³-hybridized carbons (Fsp3) is 0.349. The lowest BCUT2D eigenvalue weighted by molar-refractivity contribution is -0.000994. The first kappa shape index (κ1) is 42.7. The van der Waals surface area contributed by atoms with Crippen molar-refractivity contribution in [1.82, 2.24) is 9.97 Å². The highest BCUT2D eigenvalue weighted by molar-refractivity contribution is 7.92. The Kier molecular flexibility index (Phi) is 13.0. The molecule has 5 aromatic rings. The molecule has 4 aromatic carbocycles. The lowest BCUT2D eigenvalue weighted by atomic mass is 9.84. The van der Waals surface area contributed by atoms with Gasteiger partial charge in [-0.15, -0.1) is 0 Å². The number of carbonyl (C=O) groups excluding carboxylic acids is 2. The first-order valence-electron chi connectivity index (χ1n) is 18.3. The number of aliphatic hydroxyl groups excluding tert-OH is 3. The number of rotatable bonds is 16. The molecular formula is C43H50N4O9S. The van der Waals surface area contributed by atoms with E-state index in [1.165, 1.54) is 14.2 Å². The molecule has 0 radical (unpaired) electrons. The summed E-state index contributed by atoms with van der Waals surface area (Å²) >= 11 is 0. The fourth-order valence-electron chi connectivity index (χ4n) is 6.40. The van der Waals surface area contributed by atoms with Crippen molar-refractivity contribution in [3.8, 4) is 22.6 Å². The summed E-state index contributed by atoms with van der Waals surface area (Å²) in [6.07, 6.45) is 3.30. The summed E-state index contributed by atoms with van der Waals surface area (Å²) in [6, 6.07) is 19.9. The van der Waals surface area contributed by atoms with Gasteiger partial charge in [0.1, 0.15) is 11.6 Å². The van der Waals surface area contributed by atoms with Crippen molar-refractivity contribution in [2.24, 2.45) is 5.41 Å². The number of sulfonamides is 1. The Morgan fingerprint density at radius 2 is 1.56 bits per heavy atom. The van der Waals surface area contributed by atoms with Crippen LogP contribution in [0.4, 0.5) is 11.4 Å². The second-order valence-electron chi connectivity index (χ2n) is 15.4. The van der Waals surface area contributed by atoms with Crippen LogP contribution in [0.1, 0.15) is 76.8 Å². The molecule has 1 heterocycles. The van der Waals surface area contributed by atoms with Crippen LogP contribution in [0.3, 0.4) is 0 Å². The van der Waals surface area contributed by atoms with Crippen molar-refractivity contribution in [2.45, 2.75) is 52.4 Å². The zero-order chi connectivity index (χ0) is 41.7. The number of nitrogens with one attached hydrogen (secondary N) is 2. The van der Waals surface area contributed by atoms with Crippen LogP contribution in [-0.2, 0) is 21.9 Å². The molecule has 0 fully saturated rings. The maximum atomic E-state index is 13.8. The molecule has 0 saturated heterocycles. The SMILES string of the molecule is COc1cc(Cc2ncc3cc(-c4cc(C(=O)Nc5cc(C(C)(C)C)cc(NS(C)(=O)=O)c5OC)ccc4C)ccc3n2)ccc1C(=O)CCC(CO)(CO)CO. The molecule has 0 bridgehead atoms. The van der Waals surface area contributed by atoms with E-state index in [4.69, 9.17) is 14.5 Å².